The lowest BCUT2D eigenvalue weighted by atomic mass is 10.1. The van der Waals surface area contributed by atoms with Crippen molar-refractivity contribution in [3.63, 3.8) is 0 Å². The highest BCUT2D eigenvalue weighted by Crippen LogP contribution is 2.13. The Morgan fingerprint density at radius 2 is 1.86 bits per heavy atom. The largest absolute Gasteiger partial charge is 0.494 e. The van der Waals surface area contributed by atoms with E-state index >= 15 is 0 Å². The third kappa shape index (κ3) is 4.95. The number of ether oxygens (including phenoxy) is 1. The van der Waals surface area contributed by atoms with E-state index in [0.717, 1.165) is 30.6 Å². The van der Waals surface area contributed by atoms with Crippen molar-refractivity contribution in [2.75, 3.05) is 6.61 Å². The average Bonchev–Trinajstić information content (AvgIpc) is 2.47. The molecule has 0 fully saturated rings. The van der Waals surface area contributed by atoms with Crippen molar-refractivity contribution in [1.29, 1.82) is 0 Å². The first-order chi connectivity index (χ1) is 10.1. The van der Waals surface area contributed by atoms with Crippen molar-refractivity contribution in [1.82, 2.24) is 0 Å². The van der Waals surface area contributed by atoms with Crippen LogP contribution >= 0.6 is 0 Å². The van der Waals surface area contributed by atoms with E-state index in [1.165, 1.54) is 5.56 Å². The van der Waals surface area contributed by atoms with Crippen LogP contribution in [0.5, 0.6) is 5.75 Å². The minimum atomic E-state index is -0.881. The molecule has 1 N–H and O–H groups in total. The maximum atomic E-state index is 10.8. The molecule has 2 aromatic carbocycles. The molecule has 2 aromatic rings. The summed E-state index contributed by atoms with van der Waals surface area (Å²) in [7, 11) is 0. The molecule has 0 radical (unpaired) electrons. The van der Waals surface area contributed by atoms with E-state index in [1.807, 2.05) is 43.3 Å². The highest BCUT2D eigenvalue weighted by atomic mass is 16.5. The first-order valence-electron chi connectivity index (χ1n) is 7.17. The summed E-state index contributed by atoms with van der Waals surface area (Å²) in [4.78, 5) is 10.8. The monoisotopic (exact) mass is 284 g/mol. The number of benzene rings is 2. The molecule has 0 bridgehead atoms. The molecule has 0 aromatic heterocycles. The Hall–Kier alpha value is -2.29. The lowest BCUT2D eigenvalue weighted by Gasteiger charge is -2.07. The fourth-order valence-electron chi connectivity index (χ4n) is 2.14. The third-order valence-electron chi connectivity index (χ3n) is 3.32. The first-order valence-corrected chi connectivity index (χ1v) is 7.17. The van der Waals surface area contributed by atoms with Gasteiger partial charge in [0.05, 0.1) is 12.2 Å². The van der Waals surface area contributed by atoms with Gasteiger partial charge in [0.15, 0.2) is 0 Å². The van der Waals surface area contributed by atoms with Gasteiger partial charge in [-0.25, -0.2) is 4.79 Å². The summed E-state index contributed by atoms with van der Waals surface area (Å²) in [6, 6.07) is 15.1. The summed E-state index contributed by atoms with van der Waals surface area (Å²) in [5.41, 5.74) is 2.70. The van der Waals surface area contributed by atoms with E-state index in [2.05, 4.69) is 0 Å². The van der Waals surface area contributed by atoms with Crippen LogP contribution in [-0.4, -0.2) is 17.7 Å². The smallest absolute Gasteiger partial charge is 0.335 e. The van der Waals surface area contributed by atoms with Gasteiger partial charge in [-0.05, 0) is 61.6 Å². The number of unbranched alkanes of at least 4 members (excludes halogenated alkanes) is 1. The second-order valence-electron chi connectivity index (χ2n) is 5.12. The van der Waals surface area contributed by atoms with Crippen LogP contribution in [0.3, 0.4) is 0 Å². The topological polar surface area (TPSA) is 46.5 Å². The summed E-state index contributed by atoms with van der Waals surface area (Å²) in [6.45, 7) is 2.75. The molecule has 0 atom stereocenters. The Balaban J connectivity index is 1.69. The summed E-state index contributed by atoms with van der Waals surface area (Å²) >= 11 is 0. The van der Waals surface area contributed by atoms with E-state index in [1.54, 1.807) is 12.1 Å². The van der Waals surface area contributed by atoms with Crippen molar-refractivity contribution in [3.05, 3.63) is 65.2 Å². The van der Waals surface area contributed by atoms with E-state index in [4.69, 9.17) is 9.84 Å². The van der Waals surface area contributed by atoms with Crippen LogP contribution in [0.1, 0.15) is 34.3 Å². The van der Waals surface area contributed by atoms with Gasteiger partial charge in [-0.2, -0.15) is 0 Å². The van der Waals surface area contributed by atoms with Crippen LogP contribution in [0, 0.1) is 6.92 Å². The fraction of sp³-hybridized carbons (Fsp3) is 0.278. The predicted molar refractivity (Wildman–Crippen MR) is 83.0 cm³/mol. The van der Waals surface area contributed by atoms with Crippen LogP contribution in [0.2, 0.25) is 0 Å². The van der Waals surface area contributed by atoms with Crippen molar-refractivity contribution < 1.29 is 14.6 Å². The second kappa shape index (κ2) is 7.48. The molecule has 3 nitrogen and oxygen atoms in total. The van der Waals surface area contributed by atoms with Gasteiger partial charge in [-0.15, -0.1) is 0 Å². The molecule has 0 amide bonds. The second-order valence-corrected chi connectivity index (χ2v) is 5.12. The first kappa shape index (κ1) is 15.1. The molecule has 21 heavy (non-hydrogen) atoms. The predicted octanol–water partition coefficient (Wildman–Crippen LogP) is 4.09. The van der Waals surface area contributed by atoms with Crippen LogP contribution in [0.25, 0.3) is 0 Å². The van der Waals surface area contributed by atoms with Crippen LogP contribution in [0.15, 0.2) is 48.5 Å². The van der Waals surface area contributed by atoms with E-state index < -0.39 is 5.97 Å². The fourth-order valence-corrected chi connectivity index (χ4v) is 2.14. The summed E-state index contributed by atoms with van der Waals surface area (Å²) in [5.74, 6) is 0.0360. The molecule has 0 unspecified atom stereocenters. The van der Waals surface area contributed by atoms with Crippen LogP contribution in [-0.2, 0) is 6.42 Å². The SMILES string of the molecule is Cc1cccc(OCCCCc2ccc(C(=O)O)cc2)c1. The van der Waals surface area contributed by atoms with Gasteiger partial charge in [-0.3, -0.25) is 0 Å². The maximum Gasteiger partial charge on any atom is 0.335 e. The number of hydrogen-bond acceptors (Lipinski definition) is 2. The van der Waals surface area contributed by atoms with Gasteiger partial charge in [0, 0.05) is 0 Å². The highest BCUT2D eigenvalue weighted by molar-refractivity contribution is 5.87. The zero-order valence-electron chi connectivity index (χ0n) is 12.2. The molecule has 0 heterocycles. The normalized spacial score (nSPS) is 10.3. The quantitative estimate of drug-likeness (QED) is 0.779. The number of aromatic carboxylic acids is 1. The Bertz CT molecular complexity index is 588. The molecular formula is C18H20O3. The van der Waals surface area contributed by atoms with Crippen molar-refractivity contribution >= 4 is 5.97 Å². The van der Waals surface area contributed by atoms with Gasteiger partial charge in [0.1, 0.15) is 5.75 Å². The minimum Gasteiger partial charge on any atom is -0.494 e. The van der Waals surface area contributed by atoms with Gasteiger partial charge >= 0.3 is 5.97 Å². The highest BCUT2D eigenvalue weighted by Gasteiger charge is 2.01. The number of aryl methyl sites for hydroxylation is 2. The molecule has 0 saturated carbocycles. The number of carbonyl (C=O) groups is 1. The molecule has 110 valence electrons. The number of hydrogen-bond donors (Lipinski definition) is 1. The van der Waals surface area contributed by atoms with E-state index in [9.17, 15) is 4.79 Å². The molecule has 0 spiro atoms. The lowest BCUT2D eigenvalue weighted by Crippen LogP contribution is -1.99. The molecule has 0 aliphatic carbocycles. The Labute approximate surface area is 125 Å². The maximum absolute atomic E-state index is 10.8. The van der Waals surface area contributed by atoms with Crippen molar-refractivity contribution in [2.24, 2.45) is 0 Å². The Kier molecular flexibility index (Phi) is 5.38. The summed E-state index contributed by atoms with van der Waals surface area (Å²) in [5, 5.41) is 8.83. The minimum absolute atomic E-state index is 0.335. The van der Waals surface area contributed by atoms with Crippen LogP contribution < -0.4 is 4.74 Å². The van der Waals surface area contributed by atoms with E-state index in [-0.39, 0.29) is 0 Å². The van der Waals surface area contributed by atoms with Crippen molar-refractivity contribution in [3.8, 4) is 5.75 Å². The van der Waals surface area contributed by atoms with Crippen molar-refractivity contribution in [2.45, 2.75) is 26.2 Å². The molecule has 0 aliphatic heterocycles. The molecule has 0 saturated heterocycles. The van der Waals surface area contributed by atoms with E-state index in [0.29, 0.717) is 12.2 Å². The van der Waals surface area contributed by atoms with Gasteiger partial charge in [0.2, 0.25) is 0 Å². The Morgan fingerprint density at radius 3 is 2.52 bits per heavy atom. The Morgan fingerprint density at radius 1 is 1.10 bits per heavy atom. The van der Waals surface area contributed by atoms with Crippen LogP contribution in [0.4, 0.5) is 0 Å². The van der Waals surface area contributed by atoms with Gasteiger partial charge < -0.3 is 9.84 Å². The summed E-state index contributed by atoms with van der Waals surface area (Å²) < 4.78 is 5.70. The molecular weight excluding hydrogens is 264 g/mol. The summed E-state index contributed by atoms with van der Waals surface area (Å²) in [6.07, 6.45) is 2.95. The van der Waals surface area contributed by atoms with Gasteiger partial charge in [-0.1, -0.05) is 24.3 Å². The van der Waals surface area contributed by atoms with Gasteiger partial charge in [0.25, 0.3) is 0 Å². The lowest BCUT2D eigenvalue weighted by molar-refractivity contribution is 0.0697. The molecule has 0 aliphatic rings. The molecule has 2 rings (SSSR count). The zero-order valence-corrected chi connectivity index (χ0v) is 12.2. The average molecular weight is 284 g/mol. The standard InChI is InChI=1S/C18H20O3/c1-14-5-4-7-17(13-14)21-12-3-2-6-15-8-10-16(11-9-15)18(19)20/h4-5,7-11,13H,2-3,6,12H2,1H3,(H,19,20). The number of carboxylic acid groups (broad SMARTS) is 1. The third-order valence-corrected chi connectivity index (χ3v) is 3.32. The molecule has 3 heteroatoms. The number of rotatable bonds is 7. The number of carboxylic acids is 1. The zero-order chi connectivity index (χ0) is 15.1.